The molecule has 0 aromatic heterocycles. The second-order valence-corrected chi connectivity index (χ2v) is 10.6. The average Bonchev–Trinajstić information content (AvgIpc) is 2.74. The number of amides is 1. The molecule has 0 saturated carbocycles. The first-order valence-electron chi connectivity index (χ1n) is 9.81. The van der Waals surface area contributed by atoms with Crippen molar-refractivity contribution in [3.8, 4) is 0 Å². The van der Waals surface area contributed by atoms with E-state index < -0.39 is 39.2 Å². The van der Waals surface area contributed by atoms with Crippen molar-refractivity contribution in [1.29, 1.82) is 0 Å². The molecule has 1 amide bonds. The lowest BCUT2D eigenvalue weighted by molar-refractivity contribution is -0.137. The first kappa shape index (κ1) is 26.1. The van der Waals surface area contributed by atoms with Gasteiger partial charge in [-0.2, -0.15) is 13.2 Å². The molecule has 0 aliphatic rings. The van der Waals surface area contributed by atoms with Crippen molar-refractivity contribution in [2.75, 3.05) is 16.2 Å². The van der Waals surface area contributed by atoms with E-state index in [2.05, 4.69) is 21.2 Å². The van der Waals surface area contributed by atoms with Gasteiger partial charge >= 0.3 is 6.18 Å². The van der Waals surface area contributed by atoms with Crippen molar-refractivity contribution >= 4 is 54.8 Å². The normalized spacial score (nSPS) is 11.9. The fourth-order valence-electron chi connectivity index (χ4n) is 3.09. The zero-order valence-corrected chi connectivity index (χ0v) is 21.1. The Hall–Kier alpha value is -2.56. The van der Waals surface area contributed by atoms with Gasteiger partial charge in [0.2, 0.25) is 5.91 Å². The van der Waals surface area contributed by atoms with Gasteiger partial charge in [-0.3, -0.25) is 9.10 Å². The SMILES string of the molecule is Cc1ccc(S(=O)(=O)N(CC(=O)Nc2ccc(Br)c(C)c2)c2ccc(Cl)c(C(F)(F)F)c2)cc1. The molecule has 34 heavy (non-hydrogen) atoms. The number of rotatable bonds is 6. The topological polar surface area (TPSA) is 66.5 Å². The Labute approximate surface area is 208 Å². The molecule has 0 atom stereocenters. The molecule has 3 rings (SSSR count). The Bertz CT molecular complexity index is 1330. The molecule has 1 N–H and O–H groups in total. The van der Waals surface area contributed by atoms with E-state index in [0.717, 1.165) is 27.7 Å². The summed E-state index contributed by atoms with van der Waals surface area (Å²) in [6.07, 6.45) is -4.82. The number of anilines is 2. The minimum absolute atomic E-state index is 0.172. The molecule has 0 fully saturated rings. The molecular formula is C23H19BrClF3N2O3S. The summed E-state index contributed by atoms with van der Waals surface area (Å²) >= 11 is 9.05. The number of carbonyl (C=O) groups excluding carboxylic acids is 1. The smallest absolute Gasteiger partial charge is 0.325 e. The highest BCUT2D eigenvalue weighted by molar-refractivity contribution is 9.10. The minimum Gasteiger partial charge on any atom is -0.325 e. The van der Waals surface area contributed by atoms with Crippen LogP contribution in [0.5, 0.6) is 0 Å². The maximum atomic E-state index is 13.4. The Kier molecular flexibility index (Phi) is 7.64. The van der Waals surface area contributed by atoms with Crippen LogP contribution in [0.3, 0.4) is 0 Å². The maximum absolute atomic E-state index is 13.4. The van der Waals surface area contributed by atoms with Gasteiger partial charge in [0.05, 0.1) is 21.2 Å². The number of hydrogen-bond acceptors (Lipinski definition) is 3. The number of carbonyl (C=O) groups is 1. The summed E-state index contributed by atoms with van der Waals surface area (Å²) in [5.41, 5.74) is 0.471. The highest BCUT2D eigenvalue weighted by Gasteiger charge is 2.35. The molecule has 11 heteroatoms. The molecule has 0 aliphatic carbocycles. The lowest BCUT2D eigenvalue weighted by Gasteiger charge is -2.25. The van der Waals surface area contributed by atoms with Gasteiger partial charge in [-0.1, -0.05) is 45.2 Å². The van der Waals surface area contributed by atoms with E-state index >= 15 is 0 Å². The van der Waals surface area contributed by atoms with Crippen molar-refractivity contribution in [1.82, 2.24) is 0 Å². The van der Waals surface area contributed by atoms with Crippen molar-refractivity contribution in [3.05, 3.63) is 86.8 Å². The summed E-state index contributed by atoms with van der Waals surface area (Å²) < 4.78 is 68.6. The van der Waals surface area contributed by atoms with E-state index in [-0.39, 0.29) is 10.6 Å². The Morgan fingerprint density at radius 2 is 1.68 bits per heavy atom. The van der Waals surface area contributed by atoms with Gasteiger partial charge in [-0.25, -0.2) is 8.42 Å². The zero-order valence-electron chi connectivity index (χ0n) is 18.0. The lowest BCUT2D eigenvalue weighted by Crippen LogP contribution is -2.38. The number of halogens is 5. The predicted octanol–water partition coefficient (Wildman–Crippen LogP) is 6.57. The molecule has 5 nitrogen and oxygen atoms in total. The van der Waals surface area contributed by atoms with Crippen molar-refractivity contribution in [2.24, 2.45) is 0 Å². The standard InChI is InChI=1S/C23H19BrClF3N2O3S/c1-14-3-7-18(8-4-14)34(32,33)30(17-6-10-21(25)19(12-17)23(26,27)28)13-22(31)29-16-5-9-20(24)15(2)11-16/h3-12H,13H2,1-2H3,(H,29,31). The van der Waals surface area contributed by atoms with E-state index in [1.54, 1.807) is 44.2 Å². The number of sulfonamides is 1. The molecule has 0 heterocycles. The Morgan fingerprint density at radius 1 is 1.03 bits per heavy atom. The molecular weight excluding hydrogens is 557 g/mol. The molecule has 180 valence electrons. The summed E-state index contributed by atoms with van der Waals surface area (Å²) in [6.45, 7) is 2.81. The maximum Gasteiger partial charge on any atom is 0.417 e. The summed E-state index contributed by atoms with van der Waals surface area (Å²) in [5.74, 6) is -0.735. The van der Waals surface area contributed by atoms with E-state index in [9.17, 15) is 26.4 Å². The largest absolute Gasteiger partial charge is 0.417 e. The molecule has 0 bridgehead atoms. The minimum atomic E-state index is -4.82. The van der Waals surface area contributed by atoms with Gasteiger partial charge < -0.3 is 5.32 Å². The highest BCUT2D eigenvalue weighted by Crippen LogP contribution is 2.38. The highest BCUT2D eigenvalue weighted by atomic mass is 79.9. The molecule has 0 aliphatic heterocycles. The van der Waals surface area contributed by atoms with Gasteiger partial charge in [-0.15, -0.1) is 0 Å². The number of alkyl halides is 3. The summed E-state index contributed by atoms with van der Waals surface area (Å²) in [5, 5.41) is 2.00. The summed E-state index contributed by atoms with van der Waals surface area (Å²) in [7, 11) is -4.39. The monoisotopic (exact) mass is 574 g/mol. The molecule has 3 aromatic carbocycles. The number of aryl methyl sites for hydroxylation is 2. The van der Waals surface area contributed by atoms with Gasteiger partial charge in [0.15, 0.2) is 0 Å². The number of benzene rings is 3. The fourth-order valence-corrected chi connectivity index (χ4v) is 4.98. The zero-order chi connectivity index (χ0) is 25.3. The van der Waals surface area contributed by atoms with Crippen molar-refractivity contribution in [3.63, 3.8) is 0 Å². The van der Waals surface area contributed by atoms with Crippen molar-refractivity contribution in [2.45, 2.75) is 24.9 Å². The van der Waals surface area contributed by atoms with Crippen LogP contribution < -0.4 is 9.62 Å². The second-order valence-electron chi connectivity index (χ2n) is 7.50. The van der Waals surface area contributed by atoms with E-state index in [1.807, 2.05) is 0 Å². The third kappa shape index (κ3) is 5.92. The first-order valence-corrected chi connectivity index (χ1v) is 12.4. The quantitative estimate of drug-likeness (QED) is 0.361. The van der Waals surface area contributed by atoms with Crippen LogP contribution in [0.2, 0.25) is 5.02 Å². The van der Waals surface area contributed by atoms with Crippen LogP contribution in [-0.4, -0.2) is 20.9 Å². The van der Waals surface area contributed by atoms with E-state index in [4.69, 9.17) is 11.6 Å². The third-order valence-corrected chi connectivity index (χ3v) is 7.89. The lowest BCUT2D eigenvalue weighted by atomic mass is 10.2. The summed E-state index contributed by atoms with van der Waals surface area (Å²) in [4.78, 5) is 12.6. The third-order valence-electron chi connectivity index (χ3n) is 4.88. The van der Waals surface area contributed by atoms with Gasteiger partial charge in [-0.05, 0) is 67.9 Å². The molecule has 3 aromatic rings. The molecule has 0 saturated heterocycles. The number of nitrogens with one attached hydrogen (secondary N) is 1. The van der Waals surface area contributed by atoms with Crippen LogP contribution in [-0.2, 0) is 21.0 Å². The van der Waals surface area contributed by atoms with Crippen molar-refractivity contribution < 1.29 is 26.4 Å². The average molecular weight is 576 g/mol. The van der Waals surface area contributed by atoms with Crippen LogP contribution in [0.1, 0.15) is 16.7 Å². The van der Waals surface area contributed by atoms with Crippen LogP contribution in [0, 0.1) is 13.8 Å². The molecule has 0 spiro atoms. The Morgan fingerprint density at radius 3 is 2.26 bits per heavy atom. The van der Waals surface area contributed by atoms with Gasteiger partial charge in [0.1, 0.15) is 6.54 Å². The molecule has 0 radical (unpaired) electrons. The van der Waals surface area contributed by atoms with Crippen LogP contribution in [0.4, 0.5) is 24.5 Å². The number of nitrogens with zero attached hydrogens (tertiary/aromatic N) is 1. The van der Waals surface area contributed by atoms with E-state index in [0.29, 0.717) is 16.1 Å². The van der Waals surface area contributed by atoms with Crippen LogP contribution in [0.25, 0.3) is 0 Å². The van der Waals surface area contributed by atoms with Gasteiger partial charge in [0.25, 0.3) is 10.0 Å². The van der Waals surface area contributed by atoms with Gasteiger partial charge in [0, 0.05) is 10.2 Å². The van der Waals surface area contributed by atoms with Crippen LogP contribution >= 0.6 is 27.5 Å². The fraction of sp³-hybridized carbons (Fsp3) is 0.174. The molecule has 0 unspecified atom stereocenters. The summed E-state index contributed by atoms with van der Waals surface area (Å²) in [6, 6.07) is 13.4. The van der Waals surface area contributed by atoms with E-state index in [1.165, 1.54) is 12.1 Å². The number of hydrogen-bond donors (Lipinski definition) is 1. The second kappa shape index (κ2) is 9.97. The Balaban J connectivity index is 2.04. The predicted molar refractivity (Wildman–Crippen MR) is 130 cm³/mol. The van der Waals surface area contributed by atoms with Crippen LogP contribution in [0.15, 0.2) is 70.0 Å². The first-order chi connectivity index (χ1) is 15.8.